The molecule has 0 aromatic rings. The van der Waals surface area contributed by atoms with E-state index in [-0.39, 0.29) is 0 Å². The molecule has 7 heavy (non-hydrogen) atoms. The van der Waals surface area contributed by atoms with Crippen LogP contribution in [0.3, 0.4) is 0 Å². The molecule has 0 aromatic heterocycles. The van der Waals surface area contributed by atoms with Crippen LogP contribution in [0, 0.1) is 0 Å². The van der Waals surface area contributed by atoms with E-state index in [0.29, 0.717) is 4.43 Å². The van der Waals surface area contributed by atoms with Crippen molar-refractivity contribution < 1.29 is 9.84 Å². The minimum absolute atomic E-state index is 0.685. The molecule has 1 heterocycles. The van der Waals surface area contributed by atoms with Crippen LogP contribution in [0.4, 0.5) is 0 Å². The van der Waals surface area contributed by atoms with Gasteiger partial charge in [-0.2, -0.15) is 0 Å². The Balaban J connectivity index is 2.29. The van der Waals surface area contributed by atoms with E-state index in [4.69, 9.17) is 9.84 Å². The molecule has 0 bridgehead atoms. The highest BCUT2D eigenvalue weighted by atomic mass is 127. The predicted octanol–water partition coefficient (Wildman–Crippen LogP) is 0.530. The van der Waals surface area contributed by atoms with E-state index in [2.05, 4.69) is 22.6 Å². The molecule has 0 amide bonds. The highest BCUT2D eigenvalue weighted by Crippen LogP contribution is 2.24. The molecule has 1 rings (SSSR count). The Labute approximate surface area is 56.0 Å². The summed E-state index contributed by atoms with van der Waals surface area (Å²) in [5, 5.41) is 8.99. The lowest BCUT2D eigenvalue weighted by molar-refractivity contribution is -0.263. The first kappa shape index (κ1) is 5.78. The molecule has 0 radical (unpaired) electrons. The number of alkyl halides is 1. The van der Waals surface area contributed by atoms with E-state index in [0.717, 1.165) is 13.0 Å². The van der Waals surface area contributed by atoms with Crippen molar-refractivity contribution in [1.82, 2.24) is 0 Å². The number of halogens is 1. The van der Waals surface area contributed by atoms with Crippen molar-refractivity contribution in [2.45, 2.75) is 12.2 Å². The molecule has 1 aliphatic heterocycles. The Kier molecular flexibility index (Phi) is 1.55. The summed E-state index contributed by atoms with van der Waals surface area (Å²) in [7, 11) is 0. The molecule has 1 saturated heterocycles. The van der Waals surface area contributed by atoms with Crippen LogP contribution < -0.4 is 0 Å². The Morgan fingerprint density at radius 2 is 2.43 bits per heavy atom. The van der Waals surface area contributed by atoms with Crippen LogP contribution in [0.2, 0.25) is 0 Å². The van der Waals surface area contributed by atoms with Crippen LogP contribution in [-0.2, 0) is 4.74 Å². The number of hydrogen-bond donors (Lipinski definition) is 1. The lowest BCUT2D eigenvalue weighted by Crippen LogP contribution is -2.44. The van der Waals surface area contributed by atoms with Gasteiger partial charge in [-0.3, -0.25) is 0 Å². The van der Waals surface area contributed by atoms with Crippen LogP contribution in [0.25, 0.3) is 0 Å². The largest absolute Gasteiger partial charge is 0.365 e. The summed E-state index contributed by atoms with van der Waals surface area (Å²) >= 11 is 2.11. The maximum Gasteiger partial charge on any atom is 0.176 e. The van der Waals surface area contributed by atoms with Gasteiger partial charge in [-0.15, -0.1) is 0 Å². The van der Waals surface area contributed by atoms with Crippen molar-refractivity contribution in [3.05, 3.63) is 0 Å². The fraction of sp³-hybridized carbons (Fsp3) is 1.00. The van der Waals surface area contributed by atoms with E-state index >= 15 is 0 Å². The molecule has 0 spiro atoms. The lowest BCUT2D eigenvalue weighted by Gasteiger charge is -2.34. The fourth-order valence-corrected chi connectivity index (χ4v) is 1.04. The van der Waals surface area contributed by atoms with Gasteiger partial charge in [0.25, 0.3) is 0 Å². The smallest absolute Gasteiger partial charge is 0.176 e. The van der Waals surface area contributed by atoms with E-state index in [9.17, 15) is 0 Å². The molecule has 3 heteroatoms. The van der Waals surface area contributed by atoms with Crippen molar-refractivity contribution in [1.29, 1.82) is 0 Å². The summed E-state index contributed by atoms with van der Waals surface area (Å²) in [6, 6.07) is 0. The predicted molar refractivity (Wildman–Crippen MR) is 34.4 cm³/mol. The zero-order valence-corrected chi connectivity index (χ0v) is 6.01. The molecular formula is C4H7IO2. The molecule has 0 saturated carbocycles. The summed E-state index contributed by atoms with van der Waals surface area (Å²) in [5.74, 6) is -0.749. The second kappa shape index (κ2) is 1.87. The van der Waals surface area contributed by atoms with Gasteiger partial charge in [0.1, 0.15) is 0 Å². The lowest BCUT2D eigenvalue weighted by atomic mass is 10.2. The van der Waals surface area contributed by atoms with Crippen LogP contribution in [0.5, 0.6) is 0 Å². The monoisotopic (exact) mass is 214 g/mol. The van der Waals surface area contributed by atoms with Gasteiger partial charge in [-0.25, -0.2) is 0 Å². The third kappa shape index (κ3) is 1.06. The summed E-state index contributed by atoms with van der Waals surface area (Å²) in [4.78, 5) is 0. The highest BCUT2D eigenvalue weighted by molar-refractivity contribution is 14.1. The van der Waals surface area contributed by atoms with Crippen LogP contribution in [0.1, 0.15) is 6.42 Å². The minimum atomic E-state index is -0.749. The van der Waals surface area contributed by atoms with E-state index in [1.807, 2.05) is 0 Å². The molecule has 1 aliphatic rings. The van der Waals surface area contributed by atoms with Gasteiger partial charge in [0, 0.05) is 6.42 Å². The molecule has 0 aromatic carbocycles. The Hall–Kier alpha value is 0.650. The van der Waals surface area contributed by atoms with E-state index in [1.54, 1.807) is 0 Å². The Morgan fingerprint density at radius 1 is 1.86 bits per heavy atom. The first-order valence-electron chi connectivity index (χ1n) is 2.19. The summed E-state index contributed by atoms with van der Waals surface area (Å²) in [5.41, 5.74) is 0. The molecule has 42 valence electrons. The van der Waals surface area contributed by atoms with Gasteiger partial charge in [-0.05, 0) is 0 Å². The first-order valence-corrected chi connectivity index (χ1v) is 3.72. The maximum absolute atomic E-state index is 8.99. The van der Waals surface area contributed by atoms with Crippen molar-refractivity contribution in [2.75, 3.05) is 11.0 Å². The second-order valence-corrected chi connectivity index (χ2v) is 2.44. The average molecular weight is 214 g/mol. The SMILES string of the molecule is OC1(CI)CCO1. The molecule has 1 unspecified atom stereocenters. The Bertz CT molecular complexity index is 64.6. The third-order valence-corrected chi connectivity index (χ3v) is 2.26. The normalized spacial score (nSPS) is 40.3. The zero-order chi connectivity index (χ0) is 5.33. The first-order chi connectivity index (χ1) is 3.27. The van der Waals surface area contributed by atoms with Gasteiger partial charge in [-0.1, -0.05) is 22.6 Å². The van der Waals surface area contributed by atoms with Gasteiger partial charge in [0.05, 0.1) is 11.0 Å². The third-order valence-electron chi connectivity index (χ3n) is 1.07. The van der Waals surface area contributed by atoms with Crippen molar-refractivity contribution in [3.63, 3.8) is 0 Å². The standard InChI is InChI=1S/C4H7IO2/c5-3-4(6)1-2-7-4/h6H,1-3H2. The molecular weight excluding hydrogens is 207 g/mol. The summed E-state index contributed by atoms with van der Waals surface area (Å²) in [6.45, 7) is 0.722. The number of hydrogen-bond acceptors (Lipinski definition) is 2. The minimum Gasteiger partial charge on any atom is -0.365 e. The zero-order valence-electron chi connectivity index (χ0n) is 3.85. The molecule has 0 aliphatic carbocycles. The topological polar surface area (TPSA) is 29.5 Å². The molecule has 1 fully saturated rings. The van der Waals surface area contributed by atoms with Gasteiger partial charge >= 0.3 is 0 Å². The number of rotatable bonds is 1. The molecule has 2 nitrogen and oxygen atoms in total. The van der Waals surface area contributed by atoms with E-state index < -0.39 is 5.79 Å². The van der Waals surface area contributed by atoms with Crippen molar-refractivity contribution in [2.24, 2.45) is 0 Å². The van der Waals surface area contributed by atoms with E-state index in [1.165, 1.54) is 0 Å². The average Bonchev–Trinajstić information content (AvgIpc) is 1.61. The quantitative estimate of drug-likeness (QED) is 0.509. The van der Waals surface area contributed by atoms with Crippen LogP contribution in [-0.4, -0.2) is 21.9 Å². The van der Waals surface area contributed by atoms with Crippen LogP contribution in [0.15, 0.2) is 0 Å². The number of aliphatic hydroxyl groups is 1. The van der Waals surface area contributed by atoms with Crippen LogP contribution >= 0.6 is 22.6 Å². The van der Waals surface area contributed by atoms with Gasteiger partial charge < -0.3 is 9.84 Å². The summed E-state index contributed by atoms with van der Waals surface area (Å²) < 4.78 is 5.50. The van der Waals surface area contributed by atoms with Crippen molar-refractivity contribution in [3.8, 4) is 0 Å². The highest BCUT2D eigenvalue weighted by Gasteiger charge is 2.33. The van der Waals surface area contributed by atoms with Gasteiger partial charge in [0.15, 0.2) is 5.79 Å². The molecule has 1 atom stereocenters. The summed E-state index contributed by atoms with van der Waals surface area (Å²) in [6.07, 6.45) is 0.802. The fourth-order valence-electron chi connectivity index (χ4n) is 0.443. The van der Waals surface area contributed by atoms with Gasteiger partial charge in [0.2, 0.25) is 0 Å². The Morgan fingerprint density at radius 3 is 2.43 bits per heavy atom. The number of ether oxygens (including phenoxy) is 1. The molecule has 1 N–H and O–H groups in total. The second-order valence-electron chi connectivity index (χ2n) is 1.68. The van der Waals surface area contributed by atoms with Crippen molar-refractivity contribution >= 4 is 22.6 Å². The maximum atomic E-state index is 8.99.